The van der Waals surface area contributed by atoms with E-state index in [9.17, 15) is 18.0 Å². The molecule has 2 N–H and O–H groups in total. The van der Waals surface area contributed by atoms with Gasteiger partial charge in [0, 0.05) is 30.6 Å². The van der Waals surface area contributed by atoms with Crippen LogP contribution in [0.1, 0.15) is 18.4 Å². The lowest BCUT2D eigenvalue weighted by Crippen LogP contribution is -2.45. The summed E-state index contributed by atoms with van der Waals surface area (Å²) in [5.41, 5.74) is 1.77. The van der Waals surface area contributed by atoms with E-state index in [4.69, 9.17) is 4.42 Å². The number of hydrogen-bond acceptors (Lipinski definition) is 6. The van der Waals surface area contributed by atoms with Crippen LogP contribution >= 0.6 is 11.8 Å². The first kappa shape index (κ1) is 22.6. The van der Waals surface area contributed by atoms with E-state index in [0.717, 1.165) is 12.0 Å². The van der Waals surface area contributed by atoms with Gasteiger partial charge in [-0.25, -0.2) is 13.2 Å². The van der Waals surface area contributed by atoms with E-state index in [1.165, 1.54) is 27.4 Å². The number of benzene rings is 2. The summed E-state index contributed by atoms with van der Waals surface area (Å²) in [6, 6.07) is 12.5. The number of nitrogens with one attached hydrogen (secondary N) is 2. The molecule has 1 fully saturated rings. The zero-order valence-electron chi connectivity index (χ0n) is 17.7. The third kappa shape index (κ3) is 4.92. The number of rotatable bonds is 7. The number of hydrogen-bond donors (Lipinski definition) is 2. The molecule has 0 spiro atoms. The van der Waals surface area contributed by atoms with Crippen LogP contribution in [0, 0.1) is 5.92 Å². The van der Waals surface area contributed by atoms with E-state index < -0.39 is 21.7 Å². The Hall–Kier alpha value is -2.56. The molecule has 10 heteroatoms. The molecule has 2 aromatic carbocycles. The first-order chi connectivity index (χ1) is 15.4. The first-order valence-electron chi connectivity index (χ1n) is 10.4. The molecule has 0 radical (unpaired) electrons. The van der Waals surface area contributed by atoms with Gasteiger partial charge in [0.05, 0.1) is 16.3 Å². The van der Waals surface area contributed by atoms with Crippen LogP contribution in [-0.2, 0) is 21.2 Å². The van der Waals surface area contributed by atoms with E-state index in [-0.39, 0.29) is 22.9 Å². The quantitative estimate of drug-likeness (QED) is 0.508. The predicted molar refractivity (Wildman–Crippen MR) is 123 cm³/mol. The van der Waals surface area contributed by atoms with Gasteiger partial charge in [0.2, 0.25) is 15.9 Å². The summed E-state index contributed by atoms with van der Waals surface area (Å²) < 4.78 is 32.6. The van der Waals surface area contributed by atoms with Gasteiger partial charge in [-0.1, -0.05) is 12.1 Å². The van der Waals surface area contributed by atoms with Gasteiger partial charge < -0.3 is 9.73 Å². The molecule has 8 nitrogen and oxygen atoms in total. The van der Waals surface area contributed by atoms with Crippen LogP contribution < -0.4 is 11.1 Å². The van der Waals surface area contributed by atoms with Crippen molar-refractivity contribution in [1.29, 1.82) is 0 Å². The van der Waals surface area contributed by atoms with E-state index in [0.29, 0.717) is 31.4 Å². The Labute approximate surface area is 190 Å². The Kier molecular flexibility index (Phi) is 6.73. The molecule has 1 aromatic heterocycles. The monoisotopic (exact) mass is 475 g/mol. The highest BCUT2D eigenvalue weighted by molar-refractivity contribution is 7.98. The molecule has 4 rings (SSSR count). The van der Waals surface area contributed by atoms with Gasteiger partial charge in [0.25, 0.3) is 0 Å². The van der Waals surface area contributed by atoms with Crippen molar-refractivity contribution in [3.8, 4) is 0 Å². The van der Waals surface area contributed by atoms with Gasteiger partial charge in [0.1, 0.15) is 0 Å². The first-order valence-corrected chi connectivity index (χ1v) is 13.1. The smallest absolute Gasteiger partial charge is 0.408 e. The highest BCUT2D eigenvalue weighted by Crippen LogP contribution is 2.25. The number of amides is 1. The van der Waals surface area contributed by atoms with Gasteiger partial charge in [-0.15, -0.1) is 11.8 Å². The lowest BCUT2D eigenvalue weighted by Gasteiger charge is -2.31. The molecule has 3 aromatic rings. The summed E-state index contributed by atoms with van der Waals surface area (Å²) in [5.74, 6) is -1.16. The molecule has 170 valence electrons. The van der Waals surface area contributed by atoms with Gasteiger partial charge >= 0.3 is 5.76 Å². The second kappa shape index (κ2) is 9.51. The number of thioether (sulfide) groups is 1. The molecule has 1 amide bonds. The van der Waals surface area contributed by atoms with Crippen molar-refractivity contribution in [3.63, 3.8) is 0 Å². The van der Waals surface area contributed by atoms with Crippen LogP contribution in [0.4, 0.5) is 0 Å². The molecule has 2 heterocycles. The number of carbonyl (C=O) groups excluding carboxylic acids is 1. The van der Waals surface area contributed by atoms with Crippen molar-refractivity contribution in [1.82, 2.24) is 14.6 Å². The van der Waals surface area contributed by atoms with Crippen LogP contribution in [0.2, 0.25) is 0 Å². The van der Waals surface area contributed by atoms with E-state index in [1.54, 1.807) is 11.8 Å². The van der Waals surface area contributed by atoms with Crippen LogP contribution in [-0.4, -0.2) is 49.5 Å². The highest BCUT2D eigenvalue weighted by Gasteiger charge is 2.33. The molecule has 1 aliphatic heterocycles. The minimum absolute atomic E-state index is 0.0440. The van der Waals surface area contributed by atoms with E-state index >= 15 is 0 Å². The van der Waals surface area contributed by atoms with Crippen molar-refractivity contribution in [2.24, 2.45) is 5.92 Å². The van der Waals surface area contributed by atoms with E-state index in [2.05, 4.69) is 34.6 Å². The molecule has 0 saturated carbocycles. The number of oxazole rings is 1. The summed E-state index contributed by atoms with van der Waals surface area (Å²) >= 11 is 1.68. The fourth-order valence-corrected chi connectivity index (χ4v) is 5.82. The predicted octanol–water partition coefficient (Wildman–Crippen LogP) is 2.60. The molecular formula is C22H25N3O5S2. The van der Waals surface area contributed by atoms with Gasteiger partial charge in [-0.05, 0) is 55.3 Å². The number of sulfonamides is 1. The van der Waals surface area contributed by atoms with Crippen molar-refractivity contribution in [3.05, 3.63) is 58.6 Å². The zero-order valence-corrected chi connectivity index (χ0v) is 19.3. The number of H-pyrrole nitrogens is 1. The van der Waals surface area contributed by atoms with Crippen LogP contribution in [0.3, 0.4) is 0 Å². The maximum absolute atomic E-state index is 13.1. The van der Waals surface area contributed by atoms with Crippen LogP contribution in [0.5, 0.6) is 0 Å². The van der Waals surface area contributed by atoms with Crippen LogP contribution in [0.15, 0.2) is 61.5 Å². The Morgan fingerprint density at radius 1 is 1.25 bits per heavy atom. The van der Waals surface area contributed by atoms with Gasteiger partial charge in [-0.3, -0.25) is 9.78 Å². The summed E-state index contributed by atoms with van der Waals surface area (Å²) in [6.45, 7) is 0.985. The van der Waals surface area contributed by atoms with Crippen molar-refractivity contribution < 1.29 is 17.6 Å². The van der Waals surface area contributed by atoms with E-state index in [1.807, 2.05) is 6.26 Å². The van der Waals surface area contributed by atoms with Crippen molar-refractivity contribution in [2.75, 3.05) is 25.9 Å². The number of piperidine rings is 1. The lowest BCUT2D eigenvalue weighted by molar-refractivity contribution is -0.126. The maximum Gasteiger partial charge on any atom is 0.417 e. The number of fused-ring (bicyclic) bond motifs is 1. The Morgan fingerprint density at radius 2 is 2.03 bits per heavy atom. The fourth-order valence-electron chi connectivity index (χ4n) is 3.88. The SMILES string of the molecule is CSc1ccc(CCNC(=O)[C@H]2CCCN(S(=O)(=O)c3ccc4[nH]c(=O)oc4c3)C2)cc1. The topological polar surface area (TPSA) is 112 Å². The van der Waals surface area contributed by atoms with Gasteiger partial charge in [0.15, 0.2) is 5.58 Å². The molecule has 0 bridgehead atoms. The molecule has 1 aliphatic rings. The summed E-state index contributed by atoms with van der Waals surface area (Å²) in [7, 11) is -3.81. The highest BCUT2D eigenvalue weighted by atomic mass is 32.2. The van der Waals surface area contributed by atoms with Crippen molar-refractivity contribution >= 4 is 38.8 Å². The third-order valence-corrected chi connectivity index (χ3v) is 8.26. The molecule has 0 aliphatic carbocycles. The second-order valence-corrected chi connectivity index (χ2v) is 10.6. The normalized spacial score (nSPS) is 17.5. The van der Waals surface area contributed by atoms with Crippen LogP contribution in [0.25, 0.3) is 11.1 Å². The Balaban J connectivity index is 1.37. The summed E-state index contributed by atoms with van der Waals surface area (Å²) in [4.78, 5) is 27.8. The fraction of sp³-hybridized carbons (Fsp3) is 0.364. The van der Waals surface area contributed by atoms with Gasteiger partial charge in [-0.2, -0.15) is 4.31 Å². The summed E-state index contributed by atoms with van der Waals surface area (Å²) in [5, 5.41) is 2.95. The zero-order chi connectivity index (χ0) is 22.7. The lowest BCUT2D eigenvalue weighted by atomic mass is 9.99. The number of carbonyl (C=O) groups is 1. The Morgan fingerprint density at radius 3 is 2.78 bits per heavy atom. The number of aromatic nitrogens is 1. The Bertz CT molecular complexity index is 1260. The third-order valence-electron chi connectivity index (χ3n) is 5.66. The average molecular weight is 476 g/mol. The minimum Gasteiger partial charge on any atom is -0.408 e. The second-order valence-electron chi connectivity index (χ2n) is 7.76. The number of nitrogens with zero attached hydrogens (tertiary/aromatic N) is 1. The summed E-state index contributed by atoms with van der Waals surface area (Å²) in [6.07, 6.45) is 4.00. The molecule has 1 saturated heterocycles. The molecule has 32 heavy (non-hydrogen) atoms. The maximum atomic E-state index is 13.1. The standard InChI is InChI=1S/C22H25N3O5S2/c1-31-17-6-4-15(5-7-17)10-11-23-21(26)16-3-2-12-25(14-16)32(28,29)18-8-9-19-20(13-18)30-22(27)24-19/h4-9,13,16H,2-3,10-12,14H2,1H3,(H,23,26)(H,24,27)/t16-/m0/s1. The molecule has 0 unspecified atom stereocenters. The minimum atomic E-state index is -3.81. The molecule has 1 atom stereocenters. The average Bonchev–Trinajstić information content (AvgIpc) is 3.18. The molecular weight excluding hydrogens is 450 g/mol. The van der Waals surface area contributed by atoms with Crippen molar-refractivity contribution in [2.45, 2.75) is 29.1 Å². The largest absolute Gasteiger partial charge is 0.417 e. The number of aromatic amines is 1.